The summed E-state index contributed by atoms with van der Waals surface area (Å²) in [6, 6.07) is 19.8. The Morgan fingerprint density at radius 3 is 2.46 bits per heavy atom. The van der Waals surface area contributed by atoms with E-state index >= 15 is 0 Å². The number of ether oxygens (including phenoxy) is 1. The second-order valence-electron chi connectivity index (χ2n) is 6.72. The van der Waals surface area contributed by atoms with Gasteiger partial charge in [0.15, 0.2) is 6.61 Å². The van der Waals surface area contributed by atoms with Crippen LogP contribution in [0.15, 0.2) is 66.0 Å². The maximum Gasteiger partial charge on any atom is 0.349 e. The van der Waals surface area contributed by atoms with Gasteiger partial charge in [-0.15, -0.1) is 11.3 Å². The van der Waals surface area contributed by atoms with Crippen LogP contribution in [0.2, 0.25) is 0 Å². The average Bonchev–Trinajstić information content (AvgIpc) is 3.21. The fourth-order valence-corrected chi connectivity index (χ4v) is 3.65. The van der Waals surface area contributed by atoms with Crippen LogP contribution in [-0.2, 0) is 9.53 Å². The molecule has 0 aliphatic rings. The Kier molecular flexibility index (Phi) is 6.61. The van der Waals surface area contributed by atoms with Crippen LogP contribution in [-0.4, -0.2) is 25.0 Å². The van der Waals surface area contributed by atoms with Gasteiger partial charge in [-0.1, -0.05) is 67.1 Å². The summed E-state index contributed by atoms with van der Waals surface area (Å²) in [5, 5.41) is 4.68. The topological polar surface area (TPSA) is 55.4 Å². The number of nitrogens with one attached hydrogen (secondary N) is 1. The minimum atomic E-state index is -0.475. The highest BCUT2D eigenvalue weighted by molar-refractivity contribution is 7.12. The molecule has 2 aromatic carbocycles. The van der Waals surface area contributed by atoms with Crippen LogP contribution >= 0.6 is 11.3 Å². The van der Waals surface area contributed by atoms with Gasteiger partial charge in [0.2, 0.25) is 0 Å². The molecule has 1 heterocycles. The van der Waals surface area contributed by atoms with Gasteiger partial charge in [-0.25, -0.2) is 4.79 Å². The molecule has 0 spiro atoms. The number of amides is 1. The average molecular weight is 394 g/mol. The summed E-state index contributed by atoms with van der Waals surface area (Å²) in [5.41, 5.74) is 4.10. The fourth-order valence-electron chi connectivity index (χ4n) is 2.84. The number of esters is 1. The highest BCUT2D eigenvalue weighted by Crippen LogP contribution is 2.29. The summed E-state index contributed by atoms with van der Waals surface area (Å²) < 4.78 is 5.23. The zero-order valence-corrected chi connectivity index (χ0v) is 16.8. The van der Waals surface area contributed by atoms with E-state index in [4.69, 9.17) is 4.74 Å². The van der Waals surface area contributed by atoms with Gasteiger partial charge in [0.1, 0.15) is 4.88 Å². The molecule has 1 N–H and O–H groups in total. The molecule has 1 atom stereocenters. The quantitative estimate of drug-likeness (QED) is 0.587. The van der Waals surface area contributed by atoms with E-state index < -0.39 is 5.97 Å². The predicted octanol–water partition coefficient (Wildman–Crippen LogP) is 4.80. The van der Waals surface area contributed by atoms with Gasteiger partial charge >= 0.3 is 5.97 Å². The van der Waals surface area contributed by atoms with Gasteiger partial charge in [-0.3, -0.25) is 4.79 Å². The van der Waals surface area contributed by atoms with Gasteiger partial charge in [0, 0.05) is 12.1 Å². The van der Waals surface area contributed by atoms with Crippen molar-refractivity contribution in [1.29, 1.82) is 0 Å². The maximum atomic E-state index is 12.4. The fraction of sp³-hybridized carbons (Fsp3) is 0.217. The summed E-state index contributed by atoms with van der Waals surface area (Å²) in [4.78, 5) is 25.0. The van der Waals surface area contributed by atoms with E-state index in [1.807, 2.05) is 79.9 Å². The van der Waals surface area contributed by atoms with Crippen LogP contribution in [0.4, 0.5) is 0 Å². The van der Waals surface area contributed by atoms with E-state index in [1.165, 1.54) is 11.3 Å². The Balaban J connectivity index is 1.52. The SMILES string of the molecule is Cc1ccc(-c2ccsc2C(=O)OCC(=O)NC[C@H](C)c2ccccc2)cc1. The molecule has 3 rings (SSSR count). The third-order valence-corrected chi connectivity index (χ3v) is 5.42. The number of hydrogen-bond acceptors (Lipinski definition) is 4. The van der Waals surface area contributed by atoms with Gasteiger partial charge in [0.25, 0.3) is 5.91 Å². The first-order chi connectivity index (χ1) is 13.5. The molecule has 3 aromatic rings. The zero-order valence-electron chi connectivity index (χ0n) is 16.0. The highest BCUT2D eigenvalue weighted by Gasteiger charge is 2.17. The summed E-state index contributed by atoms with van der Waals surface area (Å²) in [6.07, 6.45) is 0. The molecule has 5 heteroatoms. The summed E-state index contributed by atoms with van der Waals surface area (Å²) >= 11 is 1.32. The molecule has 144 valence electrons. The van der Waals surface area contributed by atoms with E-state index in [0.717, 1.165) is 22.3 Å². The molecule has 0 saturated heterocycles. The smallest absolute Gasteiger partial charge is 0.349 e. The molecule has 1 amide bonds. The Bertz CT molecular complexity index is 932. The number of thiophene rings is 1. The second-order valence-corrected chi connectivity index (χ2v) is 7.64. The minimum Gasteiger partial charge on any atom is -0.451 e. The van der Waals surface area contributed by atoms with Gasteiger partial charge in [-0.05, 0) is 35.4 Å². The van der Waals surface area contributed by atoms with Crippen molar-refractivity contribution >= 4 is 23.2 Å². The summed E-state index contributed by atoms with van der Waals surface area (Å²) in [5.74, 6) is -0.590. The van der Waals surface area contributed by atoms with Crippen LogP contribution in [0.3, 0.4) is 0 Å². The number of benzene rings is 2. The lowest BCUT2D eigenvalue weighted by Crippen LogP contribution is -2.31. The van der Waals surface area contributed by atoms with Crippen molar-refractivity contribution in [2.75, 3.05) is 13.2 Å². The van der Waals surface area contributed by atoms with Crippen molar-refractivity contribution in [1.82, 2.24) is 5.32 Å². The van der Waals surface area contributed by atoms with E-state index in [2.05, 4.69) is 5.32 Å². The first-order valence-electron chi connectivity index (χ1n) is 9.18. The van der Waals surface area contributed by atoms with Crippen molar-refractivity contribution in [2.24, 2.45) is 0 Å². The van der Waals surface area contributed by atoms with Gasteiger partial charge in [-0.2, -0.15) is 0 Å². The number of carbonyl (C=O) groups excluding carboxylic acids is 2. The van der Waals surface area contributed by atoms with Crippen molar-refractivity contribution in [3.8, 4) is 11.1 Å². The number of rotatable bonds is 7. The third-order valence-electron chi connectivity index (χ3n) is 4.52. The Labute approximate surface area is 169 Å². The monoisotopic (exact) mass is 393 g/mol. The van der Waals surface area contributed by atoms with Crippen LogP contribution in [0.1, 0.15) is 33.6 Å². The molecule has 0 aliphatic carbocycles. The molecular formula is C23H23NO3S. The van der Waals surface area contributed by atoms with Crippen LogP contribution < -0.4 is 5.32 Å². The molecule has 0 fully saturated rings. The maximum absolute atomic E-state index is 12.4. The largest absolute Gasteiger partial charge is 0.451 e. The number of aryl methyl sites for hydroxylation is 1. The molecule has 1 aromatic heterocycles. The summed E-state index contributed by atoms with van der Waals surface area (Å²) in [6.45, 7) is 4.27. The Morgan fingerprint density at radius 1 is 1.04 bits per heavy atom. The third kappa shape index (κ3) is 5.08. The standard InChI is InChI=1S/C23H23NO3S/c1-16-8-10-19(11-9-16)20-12-13-28-22(20)23(26)27-15-21(25)24-14-17(2)18-6-4-3-5-7-18/h3-13,17H,14-15H2,1-2H3,(H,24,25)/t17-/m0/s1. The molecule has 0 saturated carbocycles. The first kappa shape index (κ1) is 19.8. The van der Waals surface area contributed by atoms with E-state index in [0.29, 0.717) is 11.4 Å². The zero-order chi connectivity index (χ0) is 19.9. The highest BCUT2D eigenvalue weighted by atomic mass is 32.1. The van der Waals surface area contributed by atoms with Crippen molar-refractivity contribution < 1.29 is 14.3 Å². The van der Waals surface area contributed by atoms with Crippen molar-refractivity contribution in [2.45, 2.75) is 19.8 Å². The van der Waals surface area contributed by atoms with Crippen molar-refractivity contribution in [3.63, 3.8) is 0 Å². The Morgan fingerprint density at radius 2 is 1.75 bits per heavy atom. The summed E-state index contributed by atoms with van der Waals surface area (Å²) in [7, 11) is 0. The lowest BCUT2D eigenvalue weighted by atomic mass is 10.0. The molecular weight excluding hydrogens is 370 g/mol. The lowest BCUT2D eigenvalue weighted by molar-refractivity contribution is -0.124. The van der Waals surface area contributed by atoms with Gasteiger partial charge < -0.3 is 10.1 Å². The molecule has 0 aliphatic heterocycles. The van der Waals surface area contributed by atoms with E-state index in [-0.39, 0.29) is 18.4 Å². The van der Waals surface area contributed by atoms with Crippen LogP contribution in [0, 0.1) is 6.92 Å². The Hall–Kier alpha value is -2.92. The first-order valence-corrected chi connectivity index (χ1v) is 10.1. The van der Waals surface area contributed by atoms with E-state index in [1.54, 1.807) is 0 Å². The molecule has 0 unspecified atom stereocenters. The second kappa shape index (κ2) is 9.33. The predicted molar refractivity (Wildman–Crippen MR) is 113 cm³/mol. The number of carbonyl (C=O) groups is 2. The minimum absolute atomic E-state index is 0.186. The molecule has 0 radical (unpaired) electrons. The normalized spacial score (nSPS) is 11.6. The van der Waals surface area contributed by atoms with Crippen LogP contribution in [0.5, 0.6) is 0 Å². The van der Waals surface area contributed by atoms with Crippen molar-refractivity contribution in [3.05, 3.63) is 82.0 Å². The molecule has 4 nitrogen and oxygen atoms in total. The van der Waals surface area contributed by atoms with Crippen LogP contribution in [0.25, 0.3) is 11.1 Å². The molecule has 0 bridgehead atoms. The lowest BCUT2D eigenvalue weighted by Gasteiger charge is -2.13. The molecule has 28 heavy (non-hydrogen) atoms. The van der Waals surface area contributed by atoms with Gasteiger partial charge in [0.05, 0.1) is 0 Å². The number of hydrogen-bond donors (Lipinski definition) is 1. The van der Waals surface area contributed by atoms with E-state index in [9.17, 15) is 9.59 Å².